The molecular weight excluding hydrogens is 111 g/mol. The molecule has 3 N–H and O–H groups in total. The van der Waals surface area contributed by atoms with Gasteiger partial charge in [-0.2, -0.15) is 0 Å². The first kappa shape index (κ1) is 7.10. The molecule has 1 aliphatic carbocycles. The Morgan fingerprint density at radius 1 is 1.33 bits per heavy atom. The molecule has 0 amide bonds. The summed E-state index contributed by atoms with van der Waals surface area (Å²) >= 11 is 0. The Balaban J connectivity index is 2.30. The maximum absolute atomic E-state index is 5.83. The molecule has 0 aliphatic heterocycles. The van der Waals surface area contributed by atoms with Gasteiger partial charge in [0.25, 0.3) is 0 Å². The first-order valence-electron chi connectivity index (χ1n) is 3.77. The minimum absolute atomic E-state index is 0.406. The van der Waals surface area contributed by atoms with E-state index in [2.05, 4.69) is 5.23 Å². The van der Waals surface area contributed by atoms with Crippen molar-refractivity contribution in [2.45, 2.75) is 37.8 Å². The number of hydrogen-bond acceptors (Lipinski definition) is 2. The van der Waals surface area contributed by atoms with Gasteiger partial charge in [0.05, 0.1) is 0 Å². The highest BCUT2D eigenvalue weighted by molar-refractivity contribution is 6.04. The average Bonchev–Trinajstić information content (AvgIpc) is 1.89. The first-order valence-corrected chi connectivity index (χ1v) is 3.77. The Labute approximate surface area is 57.6 Å². The standard InChI is InChI=1S/C6H15BN2/c7-9-6-4-2-1-3-5(6)8/h5-6,9H,1-4,7-8H2. The lowest BCUT2D eigenvalue weighted by molar-refractivity contribution is 0.366. The molecule has 2 unspecified atom stereocenters. The van der Waals surface area contributed by atoms with Crippen molar-refractivity contribution in [1.82, 2.24) is 5.23 Å². The summed E-state index contributed by atoms with van der Waals surface area (Å²) in [5.74, 6) is 0. The Morgan fingerprint density at radius 2 is 2.00 bits per heavy atom. The highest BCUT2D eigenvalue weighted by Gasteiger charge is 2.18. The normalized spacial score (nSPS) is 36.6. The van der Waals surface area contributed by atoms with Crippen LogP contribution in [0.4, 0.5) is 0 Å². The third-order valence-corrected chi connectivity index (χ3v) is 2.19. The van der Waals surface area contributed by atoms with Crippen LogP contribution < -0.4 is 11.0 Å². The summed E-state index contributed by atoms with van der Waals surface area (Å²) in [6.07, 6.45) is 5.13. The second kappa shape index (κ2) is 3.23. The molecule has 0 bridgehead atoms. The Bertz CT molecular complexity index is 87.1. The molecule has 0 radical (unpaired) electrons. The highest BCUT2D eigenvalue weighted by Crippen LogP contribution is 2.15. The minimum atomic E-state index is 0.406. The molecule has 0 saturated heterocycles. The summed E-state index contributed by atoms with van der Waals surface area (Å²) in [5.41, 5.74) is 5.83. The van der Waals surface area contributed by atoms with Crippen LogP contribution in [0.5, 0.6) is 0 Å². The smallest absolute Gasteiger partial charge is 0.182 e. The molecule has 0 aromatic heterocycles. The lowest BCUT2D eigenvalue weighted by Gasteiger charge is -2.28. The van der Waals surface area contributed by atoms with Crippen molar-refractivity contribution >= 4 is 7.98 Å². The van der Waals surface area contributed by atoms with E-state index in [9.17, 15) is 0 Å². The molecule has 0 heterocycles. The Morgan fingerprint density at radius 3 is 2.44 bits per heavy atom. The zero-order chi connectivity index (χ0) is 6.69. The quantitative estimate of drug-likeness (QED) is 0.460. The van der Waals surface area contributed by atoms with Crippen molar-refractivity contribution in [3.63, 3.8) is 0 Å². The minimum Gasteiger partial charge on any atom is -0.358 e. The highest BCUT2D eigenvalue weighted by atomic mass is 14.9. The largest absolute Gasteiger partial charge is 0.358 e. The second-order valence-electron chi connectivity index (χ2n) is 2.84. The van der Waals surface area contributed by atoms with Crippen molar-refractivity contribution in [2.75, 3.05) is 0 Å². The van der Waals surface area contributed by atoms with E-state index in [-0.39, 0.29) is 0 Å². The van der Waals surface area contributed by atoms with Crippen LogP contribution >= 0.6 is 0 Å². The SMILES string of the molecule is BNC1CCCCC1N. The predicted molar refractivity (Wildman–Crippen MR) is 41.9 cm³/mol. The van der Waals surface area contributed by atoms with Gasteiger partial charge in [0.2, 0.25) is 0 Å². The van der Waals surface area contributed by atoms with E-state index < -0.39 is 0 Å². The van der Waals surface area contributed by atoms with Gasteiger partial charge in [0, 0.05) is 12.1 Å². The van der Waals surface area contributed by atoms with Gasteiger partial charge in [-0.1, -0.05) is 12.8 Å². The van der Waals surface area contributed by atoms with E-state index in [1.54, 1.807) is 0 Å². The molecule has 0 spiro atoms. The zero-order valence-corrected chi connectivity index (χ0v) is 6.06. The van der Waals surface area contributed by atoms with Crippen molar-refractivity contribution in [3.8, 4) is 0 Å². The van der Waals surface area contributed by atoms with Crippen molar-refractivity contribution in [2.24, 2.45) is 5.73 Å². The van der Waals surface area contributed by atoms with Crippen molar-refractivity contribution in [3.05, 3.63) is 0 Å². The van der Waals surface area contributed by atoms with Gasteiger partial charge in [-0.05, 0) is 12.8 Å². The van der Waals surface area contributed by atoms with Gasteiger partial charge in [0.15, 0.2) is 7.98 Å². The number of nitrogens with two attached hydrogens (primary N) is 1. The van der Waals surface area contributed by atoms with E-state index in [0.29, 0.717) is 12.1 Å². The third-order valence-electron chi connectivity index (χ3n) is 2.19. The summed E-state index contributed by atoms with van der Waals surface area (Å²) in [4.78, 5) is 0. The molecule has 2 atom stereocenters. The van der Waals surface area contributed by atoms with E-state index in [0.717, 1.165) is 0 Å². The van der Waals surface area contributed by atoms with Crippen LogP contribution in [0, 0.1) is 0 Å². The maximum Gasteiger partial charge on any atom is 0.182 e. The van der Waals surface area contributed by atoms with Gasteiger partial charge in [0.1, 0.15) is 0 Å². The second-order valence-corrected chi connectivity index (χ2v) is 2.84. The molecule has 52 valence electrons. The fourth-order valence-corrected chi connectivity index (χ4v) is 1.52. The average molecular weight is 126 g/mol. The monoisotopic (exact) mass is 126 g/mol. The summed E-state index contributed by atoms with van der Waals surface area (Å²) in [5, 5.41) is 3.23. The van der Waals surface area contributed by atoms with Gasteiger partial charge >= 0.3 is 0 Å². The fourth-order valence-electron chi connectivity index (χ4n) is 1.52. The molecule has 1 saturated carbocycles. The zero-order valence-electron chi connectivity index (χ0n) is 6.06. The number of rotatable bonds is 1. The van der Waals surface area contributed by atoms with E-state index >= 15 is 0 Å². The number of nitrogens with one attached hydrogen (secondary N) is 1. The first-order chi connectivity index (χ1) is 4.34. The van der Waals surface area contributed by atoms with Gasteiger partial charge in [-0.15, -0.1) is 0 Å². The molecule has 2 nitrogen and oxygen atoms in total. The Hall–Kier alpha value is -0.0151. The van der Waals surface area contributed by atoms with Gasteiger partial charge in [-0.25, -0.2) is 0 Å². The molecule has 9 heavy (non-hydrogen) atoms. The predicted octanol–water partition coefficient (Wildman–Crippen LogP) is -0.606. The summed E-state index contributed by atoms with van der Waals surface area (Å²) in [6, 6.07) is 0.988. The van der Waals surface area contributed by atoms with Crippen molar-refractivity contribution < 1.29 is 0 Å². The maximum atomic E-state index is 5.83. The van der Waals surface area contributed by atoms with Crippen LogP contribution in [0.25, 0.3) is 0 Å². The van der Waals surface area contributed by atoms with Crippen LogP contribution in [-0.4, -0.2) is 20.1 Å². The lowest BCUT2D eigenvalue weighted by Crippen LogP contribution is -2.45. The molecule has 1 aliphatic rings. The molecule has 0 aromatic carbocycles. The summed E-state index contributed by atoms with van der Waals surface area (Å²) < 4.78 is 0. The molecule has 1 rings (SSSR count). The fraction of sp³-hybridized carbons (Fsp3) is 1.00. The van der Waals surface area contributed by atoms with Crippen LogP contribution in [0.3, 0.4) is 0 Å². The van der Waals surface area contributed by atoms with Gasteiger partial charge < -0.3 is 11.0 Å². The van der Waals surface area contributed by atoms with Crippen LogP contribution in [0.15, 0.2) is 0 Å². The molecule has 1 fully saturated rings. The molecule has 3 heteroatoms. The number of hydrogen-bond donors (Lipinski definition) is 2. The lowest BCUT2D eigenvalue weighted by atomic mass is 9.90. The van der Waals surface area contributed by atoms with Gasteiger partial charge in [-0.3, -0.25) is 0 Å². The molecular formula is C6H15BN2. The Kier molecular flexibility index (Phi) is 2.55. The summed E-state index contributed by atoms with van der Waals surface area (Å²) in [7, 11) is 2.00. The van der Waals surface area contributed by atoms with E-state index in [1.165, 1.54) is 25.7 Å². The third kappa shape index (κ3) is 1.70. The van der Waals surface area contributed by atoms with E-state index in [1.807, 2.05) is 7.98 Å². The van der Waals surface area contributed by atoms with Crippen molar-refractivity contribution in [1.29, 1.82) is 0 Å². The van der Waals surface area contributed by atoms with E-state index in [4.69, 9.17) is 5.73 Å². The van der Waals surface area contributed by atoms with Crippen LogP contribution in [0.1, 0.15) is 25.7 Å². The van der Waals surface area contributed by atoms with Crippen LogP contribution in [-0.2, 0) is 0 Å². The summed E-state index contributed by atoms with van der Waals surface area (Å²) in [6.45, 7) is 0. The molecule has 0 aromatic rings. The van der Waals surface area contributed by atoms with Crippen LogP contribution in [0.2, 0.25) is 0 Å². The topological polar surface area (TPSA) is 38.0 Å².